The lowest BCUT2D eigenvalue weighted by atomic mass is 9.88. The first-order valence-corrected chi connectivity index (χ1v) is 20.2. The highest BCUT2D eigenvalue weighted by molar-refractivity contribution is 8.01. The Hall–Kier alpha value is -3.22. The number of thiazole rings is 1. The maximum absolute atomic E-state index is 14.3. The maximum atomic E-state index is 14.3. The van der Waals surface area contributed by atoms with Gasteiger partial charge < -0.3 is 25.4 Å². The summed E-state index contributed by atoms with van der Waals surface area (Å²) in [6.07, 6.45) is 8.13. The number of nitrogen functional groups attached to an aromatic ring is 1. The third-order valence-electron chi connectivity index (χ3n) is 9.53. The molecule has 3 N–H and O–H groups in total. The van der Waals surface area contributed by atoms with Gasteiger partial charge in [-0.3, -0.25) is 19.3 Å². The van der Waals surface area contributed by atoms with Gasteiger partial charge in [-0.1, -0.05) is 50.3 Å². The molecule has 0 aromatic carbocycles. The van der Waals surface area contributed by atoms with Crippen LogP contribution in [0.2, 0.25) is 0 Å². The normalized spacial score (nSPS) is 22.2. The minimum Gasteiger partial charge on any atom is -0.425 e. The van der Waals surface area contributed by atoms with E-state index in [0.717, 1.165) is 70.8 Å². The number of likely N-dealkylation sites (N-methyl/N-ethyl adjacent to an activating group) is 1. The van der Waals surface area contributed by atoms with Crippen LogP contribution in [0.1, 0.15) is 69.9 Å². The molecule has 4 heterocycles. The number of ether oxygens (including phenoxy) is 2. The van der Waals surface area contributed by atoms with E-state index in [2.05, 4.69) is 25.8 Å². The van der Waals surface area contributed by atoms with E-state index >= 15 is 0 Å². The van der Waals surface area contributed by atoms with Crippen LogP contribution < -0.4 is 11.1 Å². The zero-order chi connectivity index (χ0) is 35.2. The number of nitrogens with two attached hydrogens (primary N) is 1. The maximum Gasteiger partial charge on any atom is 0.358 e. The predicted molar refractivity (Wildman–Crippen MR) is 188 cm³/mol. The summed E-state index contributed by atoms with van der Waals surface area (Å²) >= 11 is 4.08. The van der Waals surface area contributed by atoms with Gasteiger partial charge in [0.15, 0.2) is 5.13 Å². The molecule has 15 nitrogen and oxygen atoms in total. The van der Waals surface area contributed by atoms with Crippen LogP contribution in [0, 0.1) is 11.8 Å². The monoisotopic (exact) mass is 747 g/mol. The number of aromatic nitrogens is 5. The Balaban J connectivity index is 1.22. The molecule has 0 radical (unpaired) electrons. The van der Waals surface area contributed by atoms with Crippen molar-refractivity contribution < 1.29 is 28.7 Å². The third kappa shape index (κ3) is 8.80. The molecule has 4 aliphatic rings. The number of hydrogen-bond donors (Lipinski definition) is 2. The first kappa shape index (κ1) is 36.6. The number of β-lactam (4-membered cyclic amide) rings is 1. The van der Waals surface area contributed by atoms with Crippen LogP contribution in [-0.2, 0) is 41.6 Å². The Bertz CT molecular complexity index is 1570. The van der Waals surface area contributed by atoms with Crippen LogP contribution in [-0.4, -0.2) is 109 Å². The van der Waals surface area contributed by atoms with Crippen molar-refractivity contribution in [2.24, 2.45) is 11.8 Å². The molecule has 6 rings (SSSR count). The molecule has 2 aromatic rings. The molecule has 0 spiro atoms. The summed E-state index contributed by atoms with van der Waals surface area (Å²) < 4.78 is 13.9. The molecule has 3 fully saturated rings. The number of tetrazole rings is 1. The average Bonchev–Trinajstić information content (AvgIpc) is 3.76. The smallest absolute Gasteiger partial charge is 0.358 e. The van der Waals surface area contributed by atoms with Gasteiger partial charge in [-0.05, 0) is 55.8 Å². The molecule has 2 aromatic heterocycles. The molecule has 18 heteroatoms. The lowest BCUT2D eigenvalue weighted by Crippen LogP contribution is -2.70. The zero-order valence-electron chi connectivity index (χ0n) is 28.5. The Labute approximate surface area is 303 Å². The number of nitrogens with zero attached hydrogens (tertiary/aromatic N) is 7. The van der Waals surface area contributed by atoms with Crippen molar-refractivity contribution in [1.82, 2.24) is 40.3 Å². The van der Waals surface area contributed by atoms with Gasteiger partial charge in [0.25, 0.3) is 12.2 Å². The standard InChI is InChI=1S/C32H45N9O6S3/c1-39(2)13-14-40-32(36-37-38-40)50-17-21-16-48-27-24(35-23(42)15-22-18-49-31(33)34-22)26(43)41(27)25(21)29(45)47-30(20-11-7-4-8-12-20)46-28(44)19-9-5-3-6-10-19/h18-20,24,27,30H,3-17H2,1-2H3,(H2,33,34)(H,35,42)/t24-,27+,30?/m1/s1. The number of esters is 2. The lowest BCUT2D eigenvalue weighted by molar-refractivity contribution is -0.203. The second kappa shape index (κ2) is 16.9. The van der Waals surface area contributed by atoms with Crippen molar-refractivity contribution in [3.63, 3.8) is 0 Å². The summed E-state index contributed by atoms with van der Waals surface area (Å²) in [6.45, 7) is 1.33. The molecule has 0 bridgehead atoms. The van der Waals surface area contributed by atoms with Crippen LogP contribution >= 0.6 is 34.9 Å². The fourth-order valence-electron chi connectivity index (χ4n) is 6.80. The minimum atomic E-state index is -1.04. The fraction of sp³-hybridized carbons (Fsp3) is 0.688. The summed E-state index contributed by atoms with van der Waals surface area (Å²) in [7, 11) is 3.94. The zero-order valence-corrected chi connectivity index (χ0v) is 30.9. The second-order valence-electron chi connectivity index (χ2n) is 13.5. The third-order valence-corrected chi connectivity index (χ3v) is 12.6. The van der Waals surface area contributed by atoms with Gasteiger partial charge in [0.1, 0.15) is 17.1 Å². The number of amides is 2. The van der Waals surface area contributed by atoms with Crippen molar-refractivity contribution in [1.29, 1.82) is 0 Å². The summed E-state index contributed by atoms with van der Waals surface area (Å²) in [5, 5.41) is 17.1. The van der Waals surface area contributed by atoms with Crippen LogP contribution in [0.25, 0.3) is 0 Å². The van der Waals surface area contributed by atoms with Crippen LogP contribution in [0.5, 0.6) is 0 Å². The largest absolute Gasteiger partial charge is 0.425 e. The van der Waals surface area contributed by atoms with Gasteiger partial charge >= 0.3 is 11.9 Å². The number of rotatable bonds is 14. The number of carbonyl (C=O) groups is 4. The lowest BCUT2D eigenvalue weighted by Gasteiger charge is -2.50. The quantitative estimate of drug-likeness (QED) is 0.124. The Morgan fingerprint density at radius 1 is 1.10 bits per heavy atom. The van der Waals surface area contributed by atoms with Crippen molar-refractivity contribution >= 4 is 63.7 Å². The van der Waals surface area contributed by atoms with Crippen molar-refractivity contribution in [2.75, 3.05) is 37.9 Å². The number of fused-ring (bicyclic) bond motifs is 1. The first-order chi connectivity index (χ1) is 24.2. The van der Waals surface area contributed by atoms with Gasteiger partial charge in [0.05, 0.1) is 24.6 Å². The highest BCUT2D eigenvalue weighted by atomic mass is 32.2. The van der Waals surface area contributed by atoms with E-state index in [4.69, 9.17) is 15.2 Å². The Morgan fingerprint density at radius 3 is 2.54 bits per heavy atom. The Kier molecular flexibility index (Phi) is 12.3. The SMILES string of the molecule is CN(C)CCn1nnnc1SCC1=C(C(=O)OC(OC(=O)C2CCCCC2)C2CCCCC2)N2C(=O)[C@@H](NC(=O)Cc3csc(N)n3)[C@@H]2SC1. The molecular formula is C32H45N9O6S3. The van der Waals surface area contributed by atoms with E-state index in [1.54, 1.807) is 10.1 Å². The molecule has 2 saturated carbocycles. The van der Waals surface area contributed by atoms with E-state index in [1.165, 1.54) is 39.8 Å². The molecule has 2 aliphatic heterocycles. The molecular weight excluding hydrogens is 703 g/mol. The van der Waals surface area contributed by atoms with Crippen LogP contribution in [0.4, 0.5) is 5.13 Å². The number of carbonyl (C=O) groups excluding carboxylic acids is 4. The molecule has 2 amide bonds. The van der Waals surface area contributed by atoms with Gasteiger partial charge in [-0.15, -0.1) is 28.2 Å². The number of hydrogen-bond acceptors (Lipinski definition) is 15. The van der Waals surface area contributed by atoms with E-state index < -0.39 is 29.6 Å². The van der Waals surface area contributed by atoms with Crippen LogP contribution in [0.3, 0.4) is 0 Å². The highest BCUT2D eigenvalue weighted by Crippen LogP contribution is 2.42. The molecule has 2 aliphatic carbocycles. The Morgan fingerprint density at radius 2 is 1.84 bits per heavy atom. The van der Waals surface area contributed by atoms with Crippen molar-refractivity contribution in [3.8, 4) is 0 Å². The van der Waals surface area contributed by atoms with Gasteiger partial charge in [0.2, 0.25) is 11.1 Å². The summed E-state index contributed by atoms with van der Waals surface area (Å²) in [6, 6.07) is -0.822. The molecule has 1 saturated heterocycles. The summed E-state index contributed by atoms with van der Waals surface area (Å²) in [4.78, 5) is 61.8. The highest BCUT2D eigenvalue weighted by Gasteiger charge is 2.55. The van der Waals surface area contributed by atoms with Crippen molar-refractivity contribution in [2.45, 2.75) is 100 Å². The van der Waals surface area contributed by atoms with Gasteiger partial charge in [-0.2, -0.15) is 0 Å². The molecule has 3 atom stereocenters. The van der Waals surface area contributed by atoms with Gasteiger partial charge in [-0.25, -0.2) is 14.5 Å². The van der Waals surface area contributed by atoms with E-state index in [-0.39, 0.29) is 35.8 Å². The number of nitrogens with one attached hydrogen (secondary N) is 1. The molecule has 272 valence electrons. The topological polar surface area (TPSA) is 188 Å². The number of anilines is 1. The average molecular weight is 748 g/mol. The predicted octanol–water partition coefficient (Wildman–Crippen LogP) is 2.84. The fourth-order valence-corrected chi connectivity index (χ4v) is 9.75. The van der Waals surface area contributed by atoms with Crippen molar-refractivity contribution in [3.05, 3.63) is 22.3 Å². The number of thioether (sulfide) groups is 2. The van der Waals surface area contributed by atoms with E-state index in [9.17, 15) is 19.2 Å². The van der Waals surface area contributed by atoms with Gasteiger partial charge in [0, 0.05) is 29.3 Å². The molecule has 50 heavy (non-hydrogen) atoms. The van der Waals surface area contributed by atoms with E-state index in [0.29, 0.717) is 39.6 Å². The second-order valence-corrected chi connectivity index (χ2v) is 16.4. The summed E-state index contributed by atoms with van der Waals surface area (Å²) in [5.41, 5.74) is 7.05. The molecule has 1 unspecified atom stereocenters. The van der Waals surface area contributed by atoms with Crippen LogP contribution in [0.15, 0.2) is 21.8 Å². The van der Waals surface area contributed by atoms with E-state index in [1.807, 2.05) is 19.0 Å². The summed E-state index contributed by atoms with van der Waals surface area (Å²) in [5.74, 6) is -1.37. The first-order valence-electron chi connectivity index (χ1n) is 17.3. The minimum absolute atomic E-state index is 0.0144.